The quantitative estimate of drug-likeness (QED) is 0.150. The predicted molar refractivity (Wildman–Crippen MR) is 140 cm³/mol. The maximum atomic E-state index is 12.1. The highest BCUT2D eigenvalue weighted by Gasteiger charge is 2.16. The van der Waals surface area contributed by atoms with Gasteiger partial charge in [-0.25, -0.2) is 0 Å². The van der Waals surface area contributed by atoms with Crippen LogP contribution in [0.15, 0.2) is 29.3 Å². The lowest BCUT2D eigenvalue weighted by molar-refractivity contribution is -0.121. The number of hydrogen-bond acceptors (Lipinski definition) is 3. The lowest BCUT2D eigenvalue weighted by Gasteiger charge is -2.20. The van der Waals surface area contributed by atoms with Crippen LogP contribution in [0.5, 0.6) is 0 Å². The number of amidine groups is 1. The molecule has 0 aromatic rings. The van der Waals surface area contributed by atoms with Crippen molar-refractivity contribution < 1.29 is 4.79 Å². The van der Waals surface area contributed by atoms with Crippen LogP contribution in [0.4, 0.5) is 0 Å². The molecule has 0 bridgehead atoms. The number of carbonyl (C=O) groups is 1. The predicted octanol–water partition coefficient (Wildman–Crippen LogP) is 7.21. The molecule has 184 valence electrons. The molecule has 0 spiro atoms. The lowest BCUT2D eigenvalue weighted by Crippen LogP contribution is -2.36. The largest absolute Gasteiger partial charge is 0.357 e. The van der Waals surface area contributed by atoms with Gasteiger partial charge in [-0.2, -0.15) is 0 Å². The van der Waals surface area contributed by atoms with Gasteiger partial charge in [-0.3, -0.25) is 9.79 Å². The van der Waals surface area contributed by atoms with Crippen molar-refractivity contribution in [3.8, 4) is 0 Å². The fourth-order valence-corrected chi connectivity index (χ4v) is 4.15. The summed E-state index contributed by atoms with van der Waals surface area (Å²) in [4.78, 5) is 19.2. The molecule has 32 heavy (non-hydrogen) atoms. The molecule has 0 atom stereocenters. The van der Waals surface area contributed by atoms with Gasteiger partial charge in [0.05, 0.1) is 12.4 Å². The smallest absolute Gasteiger partial charge is 0.220 e. The first-order valence-corrected chi connectivity index (χ1v) is 13.6. The van der Waals surface area contributed by atoms with Gasteiger partial charge in [0.25, 0.3) is 0 Å². The van der Waals surface area contributed by atoms with E-state index in [9.17, 15) is 4.79 Å². The average molecular weight is 446 g/mol. The van der Waals surface area contributed by atoms with E-state index in [-0.39, 0.29) is 5.91 Å². The molecule has 4 heteroatoms. The Bertz CT molecular complexity index is 539. The lowest BCUT2D eigenvalue weighted by atomic mass is 10.1. The van der Waals surface area contributed by atoms with Gasteiger partial charge in [0, 0.05) is 32.5 Å². The minimum Gasteiger partial charge on any atom is -0.357 e. The Kier molecular flexibility index (Phi) is 18.9. The van der Waals surface area contributed by atoms with E-state index in [2.05, 4.69) is 48.4 Å². The molecule has 1 rings (SSSR count). The molecular formula is C28H51N3O. The fourth-order valence-electron chi connectivity index (χ4n) is 4.15. The highest BCUT2D eigenvalue weighted by atomic mass is 16.1. The third-order valence-corrected chi connectivity index (χ3v) is 6.08. The van der Waals surface area contributed by atoms with E-state index < -0.39 is 0 Å². The number of carbonyl (C=O) groups excluding carboxylic acids is 1. The second kappa shape index (κ2) is 21.3. The minimum atomic E-state index is 0.211. The van der Waals surface area contributed by atoms with Gasteiger partial charge in [0.2, 0.25) is 5.91 Å². The molecule has 0 saturated carbocycles. The van der Waals surface area contributed by atoms with Gasteiger partial charge in [0.1, 0.15) is 0 Å². The van der Waals surface area contributed by atoms with Crippen LogP contribution in [-0.2, 0) is 4.79 Å². The molecule has 0 radical (unpaired) electrons. The van der Waals surface area contributed by atoms with Crippen molar-refractivity contribution in [1.82, 2.24) is 10.2 Å². The van der Waals surface area contributed by atoms with Gasteiger partial charge in [-0.15, -0.1) is 0 Å². The zero-order valence-corrected chi connectivity index (χ0v) is 21.3. The normalized spacial score (nSPS) is 14.1. The summed E-state index contributed by atoms with van der Waals surface area (Å²) in [6, 6.07) is 0. The number of rotatable bonds is 21. The van der Waals surface area contributed by atoms with E-state index >= 15 is 0 Å². The minimum absolute atomic E-state index is 0.211. The Morgan fingerprint density at radius 1 is 0.844 bits per heavy atom. The zero-order chi connectivity index (χ0) is 23.1. The highest BCUT2D eigenvalue weighted by Crippen LogP contribution is 2.12. The number of allylic oxidation sites excluding steroid dienone is 4. The van der Waals surface area contributed by atoms with Gasteiger partial charge < -0.3 is 10.2 Å². The maximum Gasteiger partial charge on any atom is 0.220 e. The van der Waals surface area contributed by atoms with Crippen LogP contribution in [-0.4, -0.2) is 42.8 Å². The second-order valence-corrected chi connectivity index (χ2v) is 9.01. The Morgan fingerprint density at radius 2 is 1.44 bits per heavy atom. The van der Waals surface area contributed by atoms with E-state index in [0.717, 1.165) is 51.9 Å². The SMILES string of the molecule is CCC=CCCCCCCCC(=O)NCCN1CCN=C1CCCCCCCC=CCC. The zero-order valence-electron chi connectivity index (χ0n) is 21.3. The van der Waals surface area contributed by atoms with Crippen molar-refractivity contribution >= 4 is 11.7 Å². The van der Waals surface area contributed by atoms with Crippen LogP contribution < -0.4 is 5.32 Å². The summed E-state index contributed by atoms with van der Waals surface area (Å²) >= 11 is 0. The van der Waals surface area contributed by atoms with Crippen LogP contribution in [0.2, 0.25) is 0 Å². The number of amides is 1. The standard InChI is InChI=1S/C28H51N3O/c1-3-5-7-9-11-13-15-17-19-21-27-29-23-25-31(27)26-24-30-28(32)22-20-18-16-14-12-10-8-6-4-2/h5-8H,3-4,9-26H2,1-2H3,(H,30,32). The number of nitrogens with one attached hydrogen (secondary N) is 1. The first-order chi connectivity index (χ1) is 15.8. The van der Waals surface area contributed by atoms with Crippen molar-refractivity contribution in [2.45, 2.75) is 117 Å². The van der Waals surface area contributed by atoms with Crippen molar-refractivity contribution in [2.24, 2.45) is 4.99 Å². The molecule has 1 N–H and O–H groups in total. The number of unbranched alkanes of at least 4 members (excludes halogenated alkanes) is 10. The van der Waals surface area contributed by atoms with Gasteiger partial charge in [-0.1, -0.05) is 76.7 Å². The molecule has 1 amide bonds. The van der Waals surface area contributed by atoms with Gasteiger partial charge in [0.15, 0.2) is 0 Å². The van der Waals surface area contributed by atoms with Crippen molar-refractivity contribution in [3.05, 3.63) is 24.3 Å². The molecule has 0 fully saturated rings. The van der Waals surface area contributed by atoms with Crippen LogP contribution >= 0.6 is 0 Å². The van der Waals surface area contributed by atoms with Crippen LogP contribution in [0, 0.1) is 0 Å². The summed E-state index contributed by atoms with van der Waals surface area (Å²) in [7, 11) is 0. The van der Waals surface area contributed by atoms with E-state index in [4.69, 9.17) is 4.99 Å². The molecule has 0 saturated heterocycles. The average Bonchev–Trinajstić information content (AvgIpc) is 3.24. The van der Waals surface area contributed by atoms with Crippen molar-refractivity contribution in [1.29, 1.82) is 0 Å². The van der Waals surface area contributed by atoms with Crippen LogP contribution in [0.1, 0.15) is 117 Å². The third-order valence-electron chi connectivity index (χ3n) is 6.08. The molecule has 0 aromatic heterocycles. The monoisotopic (exact) mass is 445 g/mol. The molecule has 1 heterocycles. The molecular weight excluding hydrogens is 394 g/mol. The van der Waals surface area contributed by atoms with Gasteiger partial charge in [-0.05, 0) is 51.4 Å². The molecule has 1 aliphatic rings. The first kappa shape index (κ1) is 28.5. The first-order valence-electron chi connectivity index (χ1n) is 13.6. The van der Waals surface area contributed by atoms with E-state index in [0.29, 0.717) is 6.42 Å². The molecule has 0 unspecified atom stereocenters. The highest BCUT2D eigenvalue weighted by molar-refractivity contribution is 5.83. The molecule has 4 nitrogen and oxygen atoms in total. The summed E-state index contributed by atoms with van der Waals surface area (Å²) in [5.74, 6) is 1.47. The Hall–Kier alpha value is -1.58. The Morgan fingerprint density at radius 3 is 2.09 bits per heavy atom. The second-order valence-electron chi connectivity index (χ2n) is 9.01. The third kappa shape index (κ3) is 16.1. The topological polar surface area (TPSA) is 44.7 Å². The number of aliphatic imine (C=N–C) groups is 1. The summed E-state index contributed by atoms with van der Waals surface area (Å²) in [6.07, 6.45) is 28.1. The summed E-state index contributed by atoms with van der Waals surface area (Å²) in [6.45, 7) is 7.95. The Balaban J connectivity index is 1.97. The number of hydrogen-bond donors (Lipinski definition) is 1. The Labute approximate surface area is 199 Å². The van der Waals surface area contributed by atoms with Crippen molar-refractivity contribution in [3.63, 3.8) is 0 Å². The molecule has 0 aliphatic carbocycles. The number of nitrogens with zero attached hydrogens (tertiary/aromatic N) is 2. The fraction of sp³-hybridized carbons (Fsp3) is 0.786. The van der Waals surface area contributed by atoms with Crippen molar-refractivity contribution in [2.75, 3.05) is 26.2 Å². The summed E-state index contributed by atoms with van der Waals surface area (Å²) in [5, 5.41) is 3.11. The van der Waals surface area contributed by atoms with Crippen LogP contribution in [0.25, 0.3) is 0 Å². The molecule has 1 aliphatic heterocycles. The maximum absolute atomic E-state index is 12.1. The molecule has 0 aromatic carbocycles. The van der Waals surface area contributed by atoms with Gasteiger partial charge >= 0.3 is 0 Å². The summed E-state index contributed by atoms with van der Waals surface area (Å²) in [5.41, 5.74) is 0. The van der Waals surface area contributed by atoms with E-state index in [1.165, 1.54) is 76.5 Å². The van der Waals surface area contributed by atoms with Crippen LogP contribution in [0.3, 0.4) is 0 Å². The van der Waals surface area contributed by atoms with E-state index in [1.54, 1.807) is 0 Å². The summed E-state index contributed by atoms with van der Waals surface area (Å²) < 4.78 is 0. The van der Waals surface area contributed by atoms with E-state index in [1.807, 2.05) is 0 Å².